The van der Waals surface area contributed by atoms with Crippen LogP contribution in [-0.4, -0.2) is 23.7 Å². The van der Waals surface area contributed by atoms with Crippen molar-refractivity contribution >= 4 is 34.8 Å². The predicted molar refractivity (Wildman–Crippen MR) is 95.5 cm³/mol. The Morgan fingerprint density at radius 2 is 1.64 bits per heavy atom. The van der Waals surface area contributed by atoms with Crippen molar-refractivity contribution in [2.75, 3.05) is 11.9 Å². The van der Waals surface area contributed by atoms with Gasteiger partial charge >= 0.3 is 0 Å². The lowest BCUT2D eigenvalue weighted by molar-refractivity contribution is -0.431. The highest BCUT2D eigenvalue weighted by atomic mass is 35.5. The molecule has 8 heteroatoms. The first kappa shape index (κ1) is 20.4. The average Bonchev–Trinajstić information content (AvgIpc) is 2.73. The van der Waals surface area contributed by atoms with E-state index in [-0.39, 0.29) is 11.6 Å². The van der Waals surface area contributed by atoms with Gasteiger partial charge in [0.05, 0.1) is 26.9 Å². The van der Waals surface area contributed by atoms with Gasteiger partial charge in [0, 0.05) is 5.56 Å². The smallest absolute Gasteiger partial charge is 0.267 e. The Bertz CT molecular complexity index is 666. The normalized spacial score (nSPS) is 20.6. The van der Waals surface area contributed by atoms with Gasteiger partial charge in [-0.25, -0.2) is 19.6 Å². The second-order valence-electron chi connectivity index (χ2n) is 7.80. The molecule has 0 aliphatic carbocycles. The zero-order valence-electron chi connectivity index (χ0n) is 15.2. The highest BCUT2D eigenvalue weighted by Crippen LogP contribution is 2.46. The molecule has 2 rings (SSSR count). The molecule has 1 amide bonds. The molecule has 0 saturated carbocycles. The molecule has 25 heavy (non-hydrogen) atoms. The Labute approximate surface area is 157 Å². The molecule has 0 fully saturated rings. The monoisotopic (exact) mass is 391 g/mol. The molecule has 140 valence electrons. The molecule has 1 aromatic carbocycles. The van der Waals surface area contributed by atoms with Crippen LogP contribution in [0.25, 0.3) is 0 Å². The van der Waals surface area contributed by atoms with Crippen molar-refractivity contribution < 1.29 is 24.3 Å². The highest BCUT2D eigenvalue weighted by molar-refractivity contribution is 6.44. The van der Waals surface area contributed by atoms with Crippen LogP contribution < -0.4 is 5.32 Å². The Morgan fingerprint density at radius 3 is 2.20 bits per heavy atom. The van der Waals surface area contributed by atoms with Gasteiger partial charge in [-0.05, 0) is 47.6 Å². The number of carbonyl (C=O) groups excluding carboxylic acids is 1. The predicted octanol–water partition coefficient (Wildman–Crippen LogP) is 4.63. The SMILES string of the molecule is CC(C)(C)OOCC1(OOC(C)(C)C)C(=O)Nc2c1ccc(Cl)c2Cl. The van der Waals surface area contributed by atoms with Gasteiger partial charge in [0.2, 0.25) is 5.60 Å². The molecule has 0 spiro atoms. The molecule has 1 aliphatic rings. The van der Waals surface area contributed by atoms with E-state index in [1.165, 1.54) is 0 Å². The lowest BCUT2D eigenvalue weighted by Gasteiger charge is -2.30. The fourth-order valence-corrected chi connectivity index (χ4v) is 2.45. The first-order chi connectivity index (χ1) is 11.4. The van der Waals surface area contributed by atoms with Crippen LogP contribution in [0, 0.1) is 0 Å². The maximum atomic E-state index is 12.7. The molecule has 1 heterocycles. The van der Waals surface area contributed by atoms with Crippen molar-refractivity contribution in [2.24, 2.45) is 0 Å². The van der Waals surface area contributed by atoms with E-state index >= 15 is 0 Å². The number of benzene rings is 1. The van der Waals surface area contributed by atoms with Gasteiger partial charge in [0.1, 0.15) is 6.61 Å². The fraction of sp³-hybridized carbons (Fsp3) is 0.588. The van der Waals surface area contributed by atoms with Crippen LogP contribution in [0.1, 0.15) is 47.1 Å². The van der Waals surface area contributed by atoms with Gasteiger partial charge in [-0.2, -0.15) is 0 Å². The summed E-state index contributed by atoms with van der Waals surface area (Å²) in [6.07, 6.45) is 0. The van der Waals surface area contributed by atoms with E-state index in [1.807, 2.05) is 20.8 Å². The number of carbonyl (C=O) groups is 1. The molecule has 1 unspecified atom stereocenters. The maximum Gasteiger partial charge on any atom is 0.267 e. The molecule has 0 saturated heterocycles. The average molecular weight is 392 g/mol. The lowest BCUT2D eigenvalue weighted by atomic mass is 9.96. The summed E-state index contributed by atoms with van der Waals surface area (Å²) in [5.41, 5.74) is -1.93. The van der Waals surface area contributed by atoms with Crippen molar-refractivity contribution in [3.8, 4) is 0 Å². The third-order valence-electron chi connectivity index (χ3n) is 3.14. The minimum atomic E-state index is -1.57. The molecule has 1 atom stereocenters. The van der Waals surface area contributed by atoms with Crippen LogP contribution >= 0.6 is 23.2 Å². The largest absolute Gasteiger partial charge is 0.321 e. The van der Waals surface area contributed by atoms with E-state index in [9.17, 15) is 4.79 Å². The Hall–Kier alpha value is -0.890. The van der Waals surface area contributed by atoms with Gasteiger partial charge in [-0.3, -0.25) is 4.79 Å². The molecule has 1 N–H and O–H groups in total. The topological polar surface area (TPSA) is 66.0 Å². The Balaban J connectivity index is 2.39. The van der Waals surface area contributed by atoms with Crippen molar-refractivity contribution in [3.05, 3.63) is 27.7 Å². The quantitative estimate of drug-likeness (QED) is 0.585. The van der Waals surface area contributed by atoms with E-state index in [2.05, 4.69) is 5.32 Å². The van der Waals surface area contributed by atoms with E-state index in [1.54, 1.807) is 32.9 Å². The van der Waals surface area contributed by atoms with Gasteiger partial charge in [0.15, 0.2) is 0 Å². The number of hydrogen-bond donors (Lipinski definition) is 1. The third-order valence-corrected chi connectivity index (χ3v) is 3.94. The summed E-state index contributed by atoms with van der Waals surface area (Å²) >= 11 is 12.2. The molecular weight excluding hydrogens is 369 g/mol. The van der Waals surface area contributed by atoms with Crippen LogP contribution in [0.4, 0.5) is 5.69 Å². The first-order valence-electron chi connectivity index (χ1n) is 7.83. The number of fused-ring (bicyclic) bond motifs is 1. The number of amides is 1. The van der Waals surface area contributed by atoms with Crippen LogP contribution in [0.5, 0.6) is 0 Å². The van der Waals surface area contributed by atoms with Gasteiger partial charge in [-0.15, -0.1) is 0 Å². The highest BCUT2D eigenvalue weighted by Gasteiger charge is 2.52. The maximum absolute atomic E-state index is 12.7. The number of rotatable bonds is 5. The summed E-state index contributed by atoms with van der Waals surface area (Å²) in [5, 5.41) is 3.23. The van der Waals surface area contributed by atoms with Gasteiger partial charge in [-0.1, -0.05) is 29.3 Å². The van der Waals surface area contributed by atoms with Gasteiger partial charge in [0.25, 0.3) is 5.91 Å². The van der Waals surface area contributed by atoms with Crippen LogP contribution in [-0.2, 0) is 29.9 Å². The first-order valence-corrected chi connectivity index (χ1v) is 8.59. The summed E-state index contributed by atoms with van der Waals surface area (Å²) in [7, 11) is 0. The van der Waals surface area contributed by atoms with Crippen molar-refractivity contribution in [1.29, 1.82) is 0 Å². The lowest BCUT2D eigenvalue weighted by Crippen LogP contribution is -2.44. The molecule has 6 nitrogen and oxygen atoms in total. The molecule has 0 bridgehead atoms. The van der Waals surface area contributed by atoms with E-state index in [0.29, 0.717) is 16.3 Å². The van der Waals surface area contributed by atoms with Crippen molar-refractivity contribution in [2.45, 2.75) is 58.3 Å². The standard InChI is InChI=1S/C17H23Cl2NO5/c1-15(2,3)23-22-9-17(25-24-16(4,5)6)10-7-8-11(18)12(19)13(10)20-14(17)21/h7-8H,9H2,1-6H3,(H,20,21). The number of anilines is 1. The third kappa shape index (κ3) is 4.64. The second-order valence-corrected chi connectivity index (χ2v) is 8.59. The Morgan fingerprint density at radius 1 is 1.04 bits per heavy atom. The van der Waals surface area contributed by atoms with Crippen molar-refractivity contribution in [1.82, 2.24) is 0 Å². The van der Waals surface area contributed by atoms with E-state index < -0.39 is 22.7 Å². The molecule has 0 radical (unpaired) electrons. The van der Waals surface area contributed by atoms with Crippen LogP contribution in [0.2, 0.25) is 10.0 Å². The number of nitrogens with one attached hydrogen (secondary N) is 1. The molecular formula is C17H23Cl2NO5. The van der Waals surface area contributed by atoms with Gasteiger partial charge < -0.3 is 5.32 Å². The summed E-state index contributed by atoms with van der Waals surface area (Å²) < 4.78 is 0. The van der Waals surface area contributed by atoms with E-state index in [4.69, 9.17) is 42.8 Å². The Kier molecular flexibility index (Phi) is 5.74. The minimum Gasteiger partial charge on any atom is -0.321 e. The van der Waals surface area contributed by atoms with E-state index in [0.717, 1.165) is 0 Å². The molecule has 0 aromatic heterocycles. The molecule has 1 aromatic rings. The molecule has 1 aliphatic heterocycles. The zero-order valence-corrected chi connectivity index (χ0v) is 16.7. The minimum absolute atomic E-state index is 0.225. The number of halogens is 2. The fourth-order valence-electron chi connectivity index (χ4n) is 2.08. The second kappa shape index (κ2) is 7.02. The summed E-state index contributed by atoms with van der Waals surface area (Å²) in [6, 6.07) is 3.23. The van der Waals surface area contributed by atoms with Crippen LogP contribution in [0.3, 0.4) is 0 Å². The van der Waals surface area contributed by atoms with Crippen LogP contribution in [0.15, 0.2) is 12.1 Å². The zero-order chi connectivity index (χ0) is 19.0. The summed E-state index contributed by atoms with van der Waals surface area (Å²) in [5.74, 6) is -0.478. The summed E-state index contributed by atoms with van der Waals surface area (Å²) in [4.78, 5) is 34.3. The van der Waals surface area contributed by atoms with Crippen molar-refractivity contribution in [3.63, 3.8) is 0 Å². The summed E-state index contributed by atoms with van der Waals surface area (Å²) in [6.45, 7) is 10.7. The number of hydrogen-bond acceptors (Lipinski definition) is 5.